The summed E-state index contributed by atoms with van der Waals surface area (Å²) in [5.74, 6) is 0. The van der Waals surface area contributed by atoms with Crippen LogP contribution in [0.15, 0.2) is 27.5 Å². The molecule has 0 aromatic carbocycles. The van der Waals surface area contributed by atoms with Gasteiger partial charge in [-0.2, -0.15) is 0 Å². The van der Waals surface area contributed by atoms with Crippen LogP contribution in [0.4, 0.5) is 0 Å². The van der Waals surface area contributed by atoms with Crippen LogP contribution in [-0.2, 0) is 0 Å². The lowest BCUT2D eigenvalue weighted by molar-refractivity contribution is 1.53. The van der Waals surface area contributed by atoms with Gasteiger partial charge < -0.3 is 0 Å². The van der Waals surface area contributed by atoms with Gasteiger partial charge in [-0.25, -0.2) is 4.40 Å². The van der Waals surface area contributed by atoms with Crippen molar-refractivity contribution in [2.24, 2.45) is 4.40 Å². The van der Waals surface area contributed by atoms with Crippen LogP contribution in [0.1, 0.15) is 13.8 Å². The SMILES string of the molecule is C=NS/C=C(C)\C=C/C. The summed E-state index contributed by atoms with van der Waals surface area (Å²) < 4.78 is 3.61. The largest absolute Gasteiger partial charge is 0.228 e. The average Bonchev–Trinajstić information content (AvgIpc) is 1.85. The van der Waals surface area contributed by atoms with Crippen molar-refractivity contribution in [1.29, 1.82) is 0 Å². The van der Waals surface area contributed by atoms with Crippen molar-refractivity contribution in [3.63, 3.8) is 0 Å². The number of hydrogen-bond acceptors (Lipinski definition) is 2. The monoisotopic (exact) mass is 141 g/mol. The molecule has 0 radical (unpaired) electrons. The summed E-state index contributed by atoms with van der Waals surface area (Å²) in [6.07, 6.45) is 4.02. The fourth-order valence-electron chi connectivity index (χ4n) is 0.423. The summed E-state index contributed by atoms with van der Waals surface area (Å²) in [5.41, 5.74) is 1.20. The van der Waals surface area contributed by atoms with Gasteiger partial charge in [0.25, 0.3) is 0 Å². The number of hydrogen-bond donors (Lipinski definition) is 0. The third kappa shape index (κ3) is 5.37. The third-order valence-electron chi connectivity index (χ3n) is 0.743. The van der Waals surface area contributed by atoms with E-state index in [1.54, 1.807) is 0 Å². The fourth-order valence-corrected chi connectivity index (χ4v) is 0.742. The summed E-state index contributed by atoms with van der Waals surface area (Å²) in [4.78, 5) is 0. The van der Waals surface area contributed by atoms with Crippen molar-refractivity contribution in [3.8, 4) is 0 Å². The molecule has 0 rings (SSSR count). The normalized spacial score (nSPS) is 12.4. The van der Waals surface area contributed by atoms with E-state index < -0.39 is 0 Å². The van der Waals surface area contributed by atoms with Crippen LogP contribution < -0.4 is 0 Å². The molecule has 0 aliphatic carbocycles. The van der Waals surface area contributed by atoms with Gasteiger partial charge in [0.2, 0.25) is 0 Å². The Balaban J connectivity index is 3.68. The van der Waals surface area contributed by atoms with Crippen LogP contribution in [0.5, 0.6) is 0 Å². The van der Waals surface area contributed by atoms with Crippen LogP contribution in [-0.4, -0.2) is 6.72 Å². The fraction of sp³-hybridized carbons (Fsp3) is 0.286. The van der Waals surface area contributed by atoms with Crippen molar-refractivity contribution in [2.75, 3.05) is 0 Å². The molecule has 0 spiro atoms. The summed E-state index contributed by atoms with van der Waals surface area (Å²) in [5, 5.41) is 1.95. The minimum absolute atomic E-state index is 1.20. The Kier molecular flexibility index (Phi) is 5.32. The zero-order valence-corrected chi connectivity index (χ0v) is 6.61. The van der Waals surface area contributed by atoms with Gasteiger partial charge in [0.05, 0.1) is 0 Å². The Hall–Kier alpha value is -0.500. The topological polar surface area (TPSA) is 12.4 Å². The maximum absolute atomic E-state index is 3.61. The van der Waals surface area contributed by atoms with E-state index >= 15 is 0 Å². The molecule has 1 nitrogen and oxygen atoms in total. The van der Waals surface area contributed by atoms with Gasteiger partial charge in [0, 0.05) is 11.9 Å². The lowest BCUT2D eigenvalue weighted by Gasteiger charge is -1.85. The van der Waals surface area contributed by atoms with Crippen molar-refractivity contribution in [2.45, 2.75) is 13.8 Å². The number of rotatable bonds is 3. The Labute approximate surface area is 60.7 Å². The van der Waals surface area contributed by atoms with E-state index in [1.165, 1.54) is 17.5 Å². The van der Waals surface area contributed by atoms with E-state index in [1.807, 2.05) is 31.4 Å². The molecule has 0 fully saturated rings. The van der Waals surface area contributed by atoms with Crippen LogP contribution in [0.2, 0.25) is 0 Å². The van der Waals surface area contributed by atoms with Gasteiger partial charge in [0.1, 0.15) is 0 Å². The highest BCUT2D eigenvalue weighted by Crippen LogP contribution is 2.07. The lowest BCUT2D eigenvalue weighted by atomic mass is 10.3. The molecule has 0 heterocycles. The standard InChI is InChI=1S/C7H11NS/c1-4-5-7(2)6-9-8-3/h4-6H,3H2,1-2H3/b5-4-,7-6-. The Morgan fingerprint density at radius 1 is 1.67 bits per heavy atom. The molecular formula is C7H11NS. The zero-order valence-electron chi connectivity index (χ0n) is 5.79. The molecule has 0 saturated heterocycles. The van der Waals surface area contributed by atoms with Gasteiger partial charge in [-0.15, -0.1) is 0 Å². The predicted molar refractivity (Wildman–Crippen MR) is 45.7 cm³/mol. The Morgan fingerprint density at radius 2 is 2.33 bits per heavy atom. The van der Waals surface area contributed by atoms with Gasteiger partial charge in [-0.1, -0.05) is 12.2 Å². The van der Waals surface area contributed by atoms with Crippen LogP contribution >= 0.6 is 11.9 Å². The first-order valence-electron chi connectivity index (χ1n) is 2.72. The number of nitrogens with zero attached hydrogens (tertiary/aromatic N) is 1. The molecule has 0 aliphatic heterocycles. The molecule has 9 heavy (non-hydrogen) atoms. The summed E-state index contributed by atoms with van der Waals surface area (Å²) in [6, 6.07) is 0. The zero-order chi connectivity index (χ0) is 7.11. The van der Waals surface area contributed by atoms with E-state index in [-0.39, 0.29) is 0 Å². The highest BCUT2D eigenvalue weighted by atomic mass is 32.2. The second-order valence-electron chi connectivity index (χ2n) is 1.60. The smallest absolute Gasteiger partial charge is 0.00176 e. The second kappa shape index (κ2) is 5.63. The van der Waals surface area contributed by atoms with E-state index in [4.69, 9.17) is 0 Å². The predicted octanol–water partition coefficient (Wildman–Crippen LogP) is 2.82. The maximum atomic E-state index is 3.61. The summed E-state index contributed by atoms with van der Waals surface area (Å²) >= 11 is 1.36. The van der Waals surface area contributed by atoms with Crippen LogP contribution in [0, 0.1) is 0 Å². The van der Waals surface area contributed by atoms with E-state index in [0.717, 1.165) is 0 Å². The van der Waals surface area contributed by atoms with Gasteiger partial charge in [-0.05, 0) is 31.5 Å². The van der Waals surface area contributed by atoms with E-state index in [2.05, 4.69) is 11.1 Å². The molecule has 0 unspecified atom stereocenters. The first-order chi connectivity index (χ1) is 4.31. The molecule has 50 valence electrons. The quantitative estimate of drug-likeness (QED) is 0.334. The maximum Gasteiger partial charge on any atom is 0.00176 e. The molecule has 0 aromatic heterocycles. The van der Waals surface area contributed by atoms with Crippen LogP contribution in [0.25, 0.3) is 0 Å². The van der Waals surface area contributed by atoms with E-state index in [0.29, 0.717) is 0 Å². The number of allylic oxidation sites excluding steroid dienone is 3. The summed E-state index contributed by atoms with van der Waals surface area (Å²) in [6.45, 7) is 7.35. The lowest BCUT2D eigenvalue weighted by Crippen LogP contribution is -1.61. The molecular weight excluding hydrogens is 130 g/mol. The Bertz CT molecular complexity index is 136. The highest BCUT2D eigenvalue weighted by Gasteiger charge is 1.76. The molecule has 0 N–H and O–H groups in total. The van der Waals surface area contributed by atoms with Gasteiger partial charge in [0.15, 0.2) is 0 Å². The van der Waals surface area contributed by atoms with Gasteiger partial charge in [-0.3, -0.25) is 0 Å². The molecule has 0 aromatic rings. The van der Waals surface area contributed by atoms with E-state index in [9.17, 15) is 0 Å². The molecule has 0 bridgehead atoms. The first-order valence-corrected chi connectivity index (χ1v) is 3.56. The molecule has 0 saturated carbocycles. The van der Waals surface area contributed by atoms with Crippen molar-refractivity contribution < 1.29 is 0 Å². The minimum Gasteiger partial charge on any atom is -0.228 e. The van der Waals surface area contributed by atoms with Gasteiger partial charge >= 0.3 is 0 Å². The average molecular weight is 141 g/mol. The minimum atomic E-state index is 1.20. The molecule has 0 aliphatic rings. The van der Waals surface area contributed by atoms with Crippen LogP contribution in [0.3, 0.4) is 0 Å². The summed E-state index contributed by atoms with van der Waals surface area (Å²) in [7, 11) is 0. The molecule has 2 heteroatoms. The molecule has 0 atom stereocenters. The third-order valence-corrected chi connectivity index (χ3v) is 1.37. The second-order valence-corrected chi connectivity index (χ2v) is 2.30. The highest BCUT2D eigenvalue weighted by molar-refractivity contribution is 8.01. The first kappa shape index (κ1) is 8.50. The van der Waals surface area contributed by atoms with Crippen molar-refractivity contribution in [3.05, 3.63) is 23.1 Å². The Morgan fingerprint density at radius 3 is 2.78 bits per heavy atom. The van der Waals surface area contributed by atoms with Crippen molar-refractivity contribution in [1.82, 2.24) is 0 Å². The van der Waals surface area contributed by atoms with Crippen molar-refractivity contribution >= 4 is 18.7 Å². The molecule has 0 amide bonds.